The fourth-order valence-electron chi connectivity index (χ4n) is 1.93. The first-order chi connectivity index (χ1) is 12.2. The van der Waals surface area contributed by atoms with Gasteiger partial charge in [0.15, 0.2) is 0 Å². The smallest absolute Gasteiger partial charge is 0.439 e. The van der Waals surface area contributed by atoms with Gasteiger partial charge in [0.1, 0.15) is 11.2 Å². The summed E-state index contributed by atoms with van der Waals surface area (Å²) in [4.78, 5) is 49.4. The maximum Gasteiger partial charge on any atom is 0.439 e. The van der Waals surface area contributed by atoms with Gasteiger partial charge in [-0.2, -0.15) is 5.10 Å². The molecule has 0 bridgehead atoms. The Hall–Kier alpha value is -2.69. The molecule has 0 aromatic heterocycles. The van der Waals surface area contributed by atoms with Crippen molar-refractivity contribution in [1.29, 1.82) is 0 Å². The van der Waals surface area contributed by atoms with Crippen molar-refractivity contribution in [3.05, 3.63) is 0 Å². The van der Waals surface area contributed by atoms with Crippen LogP contribution < -0.4 is 0 Å². The number of carbonyl (C=O) groups is 4. The highest BCUT2D eigenvalue weighted by atomic mass is 16.6. The van der Waals surface area contributed by atoms with Crippen molar-refractivity contribution < 1.29 is 33.8 Å². The number of urea groups is 1. The first-order valence-corrected chi connectivity index (χ1v) is 8.21. The van der Waals surface area contributed by atoms with Crippen LogP contribution in [0.4, 0.5) is 14.4 Å². The zero-order chi connectivity index (χ0) is 21.2. The number of hydrazone groups is 1. The third-order valence-corrected chi connectivity index (χ3v) is 2.83. The van der Waals surface area contributed by atoms with E-state index >= 15 is 0 Å². The zero-order valence-corrected chi connectivity index (χ0v) is 16.6. The van der Waals surface area contributed by atoms with Crippen LogP contribution in [0.1, 0.15) is 48.5 Å². The van der Waals surface area contributed by atoms with E-state index in [0.717, 1.165) is 6.92 Å². The van der Waals surface area contributed by atoms with Crippen molar-refractivity contribution in [2.24, 2.45) is 5.10 Å². The minimum absolute atomic E-state index is 0.0322. The van der Waals surface area contributed by atoms with Gasteiger partial charge in [0.05, 0.1) is 18.9 Å². The summed E-state index contributed by atoms with van der Waals surface area (Å²) < 4.78 is 10.2. The van der Waals surface area contributed by atoms with E-state index in [1.54, 1.807) is 41.5 Å². The highest BCUT2D eigenvalue weighted by Crippen LogP contribution is 2.19. The summed E-state index contributed by atoms with van der Waals surface area (Å²) in [6, 6.07) is -1.09. The lowest BCUT2D eigenvalue weighted by Gasteiger charge is -2.37. The van der Waals surface area contributed by atoms with E-state index in [1.807, 2.05) is 0 Å². The van der Waals surface area contributed by atoms with Crippen molar-refractivity contribution in [3.8, 4) is 0 Å². The summed E-state index contributed by atoms with van der Waals surface area (Å²) in [5.41, 5.74) is -1.88. The third-order valence-electron chi connectivity index (χ3n) is 2.83. The summed E-state index contributed by atoms with van der Waals surface area (Å²) in [6.07, 6.45) is -2.22. The van der Waals surface area contributed by atoms with Gasteiger partial charge < -0.3 is 14.6 Å². The second-order valence-electron chi connectivity index (χ2n) is 7.77. The molecule has 0 saturated carbocycles. The standard InChI is InChI=1S/C16H26N4O7/c1-10(22)20(14(25)27-16(5,6)7)18-8-11(9-21)17-19(12(18)23)13(24)26-15(2,3)4/h21H,8-9H2,1-7H3. The van der Waals surface area contributed by atoms with Gasteiger partial charge in [0, 0.05) is 6.92 Å². The van der Waals surface area contributed by atoms with Crippen LogP contribution in [0.5, 0.6) is 0 Å². The number of hydrazine groups is 1. The molecule has 0 aromatic rings. The minimum atomic E-state index is -1.11. The molecule has 0 aliphatic carbocycles. The molecule has 0 aromatic carbocycles. The van der Waals surface area contributed by atoms with Gasteiger partial charge in [-0.1, -0.05) is 0 Å². The molecule has 0 fully saturated rings. The Bertz CT molecular complexity index is 661. The topological polar surface area (TPSA) is 129 Å². The number of carbonyl (C=O) groups excluding carboxylic acids is 4. The number of rotatable bonds is 2. The summed E-state index contributed by atoms with van der Waals surface area (Å²) >= 11 is 0. The first kappa shape index (κ1) is 22.4. The van der Waals surface area contributed by atoms with Crippen LogP contribution in [0.25, 0.3) is 0 Å². The predicted octanol–water partition coefficient (Wildman–Crippen LogP) is 1.71. The molecule has 1 aliphatic heterocycles. The van der Waals surface area contributed by atoms with Crippen molar-refractivity contribution in [2.45, 2.75) is 59.7 Å². The lowest BCUT2D eigenvalue weighted by molar-refractivity contribution is -0.140. The molecule has 1 aliphatic rings. The largest absolute Gasteiger partial charge is 0.442 e. The number of nitrogens with zero attached hydrogens (tertiary/aromatic N) is 4. The van der Waals surface area contributed by atoms with Crippen LogP contribution in [-0.2, 0) is 14.3 Å². The van der Waals surface area contributed by atoms with Crippen LogP contribution in [-0.4, -0.2) is 74.3 Å². The number of imide groups is 2. The van der Waals surface area contributed by atoms with E-state index in [9.17, 15) is 24.3 Å². The Labute approximate surface area is 157 Å². The average molecular weight is 386 g/mol. The number of hydrogen-bond acceptors (Lipinski definition) is 8. The molecule has 0 spiro atoms. The molecule has 1 rings (SSSR count). The summed E-state index contributed by atoms with van der Waals surface area (Å²) in [5.74, 6) is -0.819. The van der Waals surface area contributed by atoms with E-state index < -0.39 is 41.9 Å². The fraction of sp³-hybridized carbons (Fsp3) is 0.688. The van der Waals surface area contributed by atoms with Crippen molar-refractivity contribution >= 4 is 29.8 Å². The van der Waals surface area contributed by atoms with E-state index in [2.05, 4.69) is 5.10 Å². The van der Waals surface area contributed by atoms with Gasteiger partial charge in [0.2, 0.25) is 5.91 Å². The molecule has 1 N–H and O–H groups in total. The number of aliphatic hydroxyl groups is 1. The molecule has 1 heterocycles. The van der Waals surface area contributed by atoms with Crippen LogP contribution >= 0.6 is 0 Å². The molecule has 0 saturated heterocycles. The van der Waals surface area contributed by atoms with Crippen LogP contribution in [0.3, 0.4) is 0 Å². The molecular formula is C16H26N4O7. The average Bonchev–Trinajstić information content (AvgIpc) is 2.44. The predicted molar refractivity (Wildman–Crippen MR) is 93.4 cm³/mol. The highest BCUT2D eigenvalue weighted by molar-refractivity contribution is 6.02. The maximum atomic E-state index is 12.7. The zero-order valence-electron chi connectivity index (χ0n) is 16.6. The van der Waals surface area contributed by atoms with Gasteiger partial charge >= 0.3 is 18.2 Å². The summed E-state index contributed by atoms with van der Waals surface area (Å²) in [7, 11) is 0. The van der Waals surface area contributed by atoms with Gasteiger partial charge in [-0.15, -0.1) is 10.0 Å². The molecule has 5 amide bonds. The first-order valence-electron chi connectivity index (χ1n) is 8.21. The lowest BCUT2D eigenvalue weighted by Crippen LogP contribution is -2.61. The Morgan fingerprint density at radius 2 is 1.63 bits per heavy atom. The molecular weight excluding hydrogens is 360 g/mol. The Balaban J connectivity index is 3.23. The molecule has 152 valence electrons. The van der Waals surface area contributed by atoms with E-state index in [-0.39, 0.29) is 12.3 Å². The second kappa shape index (κ2) is 7.91. The lowest BCUT2D eigenvalue weighted by atomic mass is 10.2. The summed E-state index contributed by atoms with van der Waals surface area (Å²) in [6.45, 7) is 9.62. The van der Waals surface area contributed by atoms with Crippen LogP contribution in [0, 0.1) is 0 Å². The van der Waals surface area contributed by atoms with Crippen LogP contribution in [0.2, 0.25) is 0 Å². The number of ether oxygens (including phenoxy) is 2. The SMILES string of the molecule is CC(=O)N(C(=O)OC(C)(C)C)N1CC(CO)=NN(C(=O)OC(C)(C)C)C1=O. The normalized spacial score (nSPS) is 15.3. The quantitative estimate of drug-likeness (QED) is 0.764. The van der Waals surface area contributed by atoms with Gasteiger partial charge in [-0.3, -0.25) is 4.79 Å². The van der Waals surface area contributed by atoms with Crippen LogP contribution in [0.15, 0.2) is 5.10 Å². The maximum absolute atomic E-state index is 12.7. The molecule has 11 heteroatoms. The van der Waals surface area contributed by atoms with Gasteiger partial charge in [-0.25, -0.2) is 19.4 Å². The molecule has 0 unspecified atom stereocenters. The fourth-order valence-corrected chi connectivity index (χ4v) is 1.93. The van der Waals surface area contributed by atoms with Crippen molar-refractivity contribution in [1.82, 2.24) is 15.0 Å². The van der Waals surface area contributed by atoms with E-state index in [0.29, 0.717) is 15.0 Å². The number of hydrogen-bond donors (Lipinski definition) is 1. The molecule has 27 heavy (non-hydrogen) atoms. The Morgan fingerprint density at radius 3 is 2.04 bits per heavy atom. The Morgan fingerprint density at radius 1 is 1.11 bits per heavy atom. The second-order valence-corrected chi connectivity index (χ2v) is 7.77. The van der Waals surface area contributed by atoms with E-state index in [4.69, 9.17) is 9.47 Å². The third kappa shape index (κ3) is 6.20. The monoisotopic (exact) mass is 386 g/mol. The Kier molecular flexibility index (Phi) is 6.54. The molecule has 11 nitrogen and oxygen atoms in total. The molecule has 0 atom stereocenters. The highest BCUT2D eigenvalue weighted by Gasteiger charge is 2.42. The van der Waals surface area contributed by atoms with Gasteiger partial charge in [0.25, 0.3) is 0 Å². The summed E-state index contributed by atoms with van der Waals surface area (Å²) in [5, 5.41) is 14.6. The van der Waals surface area contributed by atoms with E-state index in [1.165, 1.54) is 0 Å². The number of aliphatic hydroxyl groups excluding tert-OH is 1. The molecule has 0 radical (unpaired) electrons. The van der Waals surface area contributed by atoms with Crippen molar-refractivity contribution in [2.75, 3.05) is 13.2 Å². The van der Waals surface area contributed by atoms with Crippen molar-refractivity contribution in [3.63, 3.8) is 0 Å². The minimum Gasteiger partial charge on any atom is -0.442 e. The van der Waals surface area contributed by atoms with Gasteiger partial charge in [-0.05, 0) is 41.5 Å². The number of amides is 5.